The van der Waals surface area contributed by atoms with Gasteiger partial charge in [-0.3, -0.25) is 4.79 Å². The van der Waals surface area contributed by atoms with Crippen LogP contribution in [-0.4, -0.2) is 59.4 Å². The number of piperazine rings is 1. The lowest BCUT2D eigenvalue weighted by molar-refractivity contribution is -0.113. The number of nitrogens with one attached hydrogen (secondary N) is 1. The van der Waals surface area contributed by atoms with Gasteiger partial charge >= 0.3 is 5.69 Å². The van der Waals surface area contributed by atoms with Gasteiger partial charge in [-0.25, -0.2) is 9.47 Å². The Kier molecular flexibility index (Phi) is 6.12. The van der Waals surface area contributed by atoms with Gasteiger partial charge in [0.25, 0.3) is 0 Å². The maximum Gasteiger partial charge on any atom is 0.367 e. The predicted octanol–water partition coefficient (Wildman–Crippen LogP) is 2.00. The molecule has 1 amide bonds. The van der Waals surface area contributed by atoms with Crippen LogP contribution in [0.4, 0.5) is 5.69 Å². The standard InChI is InChI=1S/C20H24ClN5O2S/c1-24-8-10-25(11-9-24)26-17-7-3-6-16(17)19(23-20(26)28)29-13-18(27)22-15-5-2-4-14(21)12-15/h2,4-5,12H,3,6-11,13H2,1H3,(H,22,27). The number of carbonyl (C=O) groups excluding carboxylic acids is 1. The van der Waals surface area contributed by atoms with Gasteiger partial charge in [0.2, 0.25) is 5.91 Å². The highest BCUT2D eigenvalue weighted by Gasteiger charge is 2.26. The lowest BCUT2D eigenvalue weighted by atomic mass is 10.3. The quantitative estimate of drug-likeness (QED) is 0.574. The lowest BCUT2D eigenvalue weighted by Crippen LogP contribution is -2.54. The predicted molar refractivity (Wildman–Crippen MR) is 117 cm³/mol. The van der Waals surface area contributed by atoms with Crippen molar-refractivity contribution < 1.29 is 4.79 Å². The Morgan fingerprint density at radius 2 is 2.03 bits per heavy atom. The van der Waals surface area contributed by atoms with Crippen molar-refractivity contribution in [2.45, 2.75) is 24.3 Å². The van der Waals surface area contributed by atoms with Gasteiger partial charge in [-0.2, -0.15) is 4.98 Å². The Balaban J connectivity index is 1.49. The molecule has 2 aromatic rings. The molecule has 0 unspecified atom stereocenters. The van der Waals surface area contributed by atoms with Crippen molar-refractivity contribution >= 4 is 35.0 Å². The fourth-order valence-electron chi connectivity index (χ4n) is 3.81. The highest BCUT2D eigenvalue weighted by Crippen LogP contribution is 2.29. The molecule has 1 saturated heterocycles. The molecule has 2 heterocycles. The summed E-state index contributed by atoms with van der Waals surface area (Å²) in [6.45, 7) is 3.50. The summed E-state index contributed by atoms with van der Waals surface area (Å²) >= 11 is 7.29. The minimum atomic E-state index is -0.243. The third kappa shape index (κ3) is 4.60. The fraction of sp³-hybridized carbons (Fsp3) is 0.450. The Morgan fingerprint density at radius 3 is 2.79 bits per heavy atom. The van der Waals surface area contributed by atoms with E-state index in [0.29, 0.717) is 15.7 Å². The number of hydrogen-bond acceptors (Lipinski definition) is 6. The second-order valence-electron chi connectivity index (χ2n) is 7.39. The molecule has 1 N–H and O–H groups in total. The van der Waals surface area contributed by atoms with E-state index < -0.39 is 0 Å². The summed E-state index contributed by atoms with van der Waals surface area (Å²) in [5, 5.41) is 6.21. The van der Waals surface area contributed by atoms with Crippen LogP contribution in [-0.2, 0) is 17.6 Å². The molecule has 1 fully saturated rings. The number of hydrogen-bond donors (Lipinski definition) is 1. The third-order valence-electron chi connectivity index (χ3n) is 5.29. The molecule has 1 aromatic carbocycles. The maximum atomic E-state index is 12.8. The number of nitrogens with zero attached hydrogens (tertiary/aromatic N) is 4. The van der Waals surface area contributed by atoms with E-state index in [9.17, 15) is 9.59 Å². The van der Waals surface area contributed by atoms with Crippen molar-refractivity contribution in [3.63, 3.8) is 0 Å². The highest BCUT2D eigenvalue weighted by molar-refractivity contribution is 8.00. The minimum Gasteiger partial charge on any atom is -0.325 e. The molecule has 1 aliphatic heterocycles. The van der Waals surface area contributed by atoms with E-state index in [-0.39, 0.29) is 17.3 Å². The first-order valence-electron chi connectivity index (χ1n) is 9.78. The largest absolute Gasteiger partial charge is 0.367 e. The van der Waals surface area contributed by atoms with E-state index in [4.69, 9.17) is 11.6 Å². The van der Waals surface area contributed by atoms with Crippen LogP contribution in [0.1, 0.15) is 17.7 Å². The second kappa shape index (κ2) is 8.77. The van der Waals surface area contributed by atoms with Gasteiger partial charge in [0, 0.05) is 42.5 Å². The summed E-state index contributed by atoms with van der Waals surface area (Å²) in [5.74, 6) is 0.0539. The Bertz CT molecular complexity index is 972. The summed E-state index contributed by atoms with van der Waals surface area (Å²) in [4.78, 5) is 31.8. The number of halogens is 1. The molecule has 7 nitrogen and oxygen atoms in total. The molecule has 1 aliphatic carbocycles. The molecular formula is C20H24ClN5O2S. The smallest absolute Gasteiger partial charge is 0.325 e. The normalized spacial score (nSPS) is 16.7. The first kappa shape index (κ1) is 20.3. The molecule has 0 saturated carbocycles. The molecular weight excluding hydrogens is 410 g/mol. The number of fused-ring (bicyclic) bond motifs is 1. The van der Waals surface area contributed by atoms with E-state index in [1.165, 1.54) is 11.8 Å². The average molecular weight is 434 g/mol. The van der Waals surface area contributed by atoms with Gasteiger partial charge in [0.15, 0.2) is 0 Å². The highest BCUT2D eigenvalue weighted by atomic mass is 35.5. The van der Waals surface area contributed by atoms with Crippen LogP contribution < -0.4 is 16.0 Å². The van der Waals surface area contributed by atoms with Crippen LogP contribution in [0.15, 0.2) is 34.1 Å². The maximum absolute atomic E-state index is 12.8. The number of thioether (sulfide) groups is 1. The summed E-state index contributed by atoms with van der Waals surface area (Å²) < 4.78 is 1.78. The fourth-order valence-corrected chi connectivity index (χ4v) is 4.88. The number of amides is 1. The first-order chi connectivity index (χ1) is 14.0. The number of anilines is 1. The van der Waals surface area contributed by atoms with E-state index in [0.717, 1.165) is 56.7 Å². The van der Waals surface area contributed by atoms with Crippen molar-refractivity contribution in [2.24, 2.45) is 0 Å². The zero-order chi connectivity index (χ0) is 20.4. The number of benzene rings is 1. The average Bonchev–Trinajstić information content (AvgIpc) is 3.17. The molecule has 154 valence electrons. The van der Waals surface area contributed by atoms with Crippen LogP contribution in [0.3, 0.4) is 0 Å². The summed E-state index contributed by atoms with van der Waals surface area (Å²) in [7, 11) is 2.09. The van der Waals surface area contributed by atoms with Crippen molar-refractivity contribution in [3.8, 4) is 0 Å². The minimum absolute atomic E-state index is 0.144. The summed E-state index contributed by atoms with van der Waals surface area (Å²) in [6.07, 6.45) is 2.78. The van der Waals surface area contributed by atoms with Gasteiger partial charge in [-0.15, -0.1) is 0 Å². The Labute approximate surface area is 179 Å². The van der Waals surface area contributed by atoms with E-state index in [1.807, 2.05) is 0 Å². The van der Waals surface area contributed by atoms with Crippen LogP contribution in [0, 0.1) is 0 Å². The lowest BCUT2D eigenvalue weighted by Gasteiger charge is -2.35. The monoisotopic (exact) mass is 433 g/mol. The number of carbonyl (C=O) groups is 1. The van der Waals surface area contributed by atoms with Crippen molar-refractivity contribution in [2.75, 3.05) is 49.3 Å². The molecule has 29 heavy (non-hydrogen) atoms. The summed E-state index contributed by atoms with van der Waals surface area (Å²) in [6, 6.07) is 7.05. The molecule has 0 spiro atoms. The molecule has 1 aromatic heterocycles. The van der Waals surface area contributed by atoms with Gasteiger partial charge < -0.3 is 15.2 Å². The third-order valence-corrected chi connectivity index (χ3v) is 6.54. The second-order valence-corrected chi connectivity index (χ2v) is 8.79. The first-order valence-corrected chi connectivity index (χ1v) is 11.1. The molecule has 0 atom stereocenters. The molecule has 0 bridgehead atoms. The Morgan fingerprint density at radius 1 is 1.24 bits per heavy atom. The summed E-state index contributed by atoms with van der Waals surface area (Å²) in [5.41, 5.74) is 2.59. The topological polar surface area (TPSA) is 70.5 Å². The molecule has 9 heteroatoms. The van der Waals surface area contributed by atoms with Gasteiger partial charge in [0.05, 0.1) is 11.4 Å². The SMILES string of the molecule is CN1CCN(n2c3c(c(SCC(=O)Nc4cccc(Cl)c4)nc2=O)CCC3)CC1. The van der Waals surface area contributed by atoms with Crippen molar-refractivity contribution in [1.82, 2.24) is 14.6 Å². The van der Waals surface area contributed by atoms with E-state index >= 15 is 0 Å². The van der Waals surface area contributed by atoms with Gasteiger partial charge in [-0.1, -0.05) is 29.4 Å². The number of rotatable bonds is 5. The van der Waals surface area contributed by atoms with Crippen LogP contribution >= 0.6 is 23.4 Å². The van der Waals surface area contributed by atoms with Crippen LogP contribution in [0.25, 0.3) is 0 Å². The van der Waals surface area contributed by atoms with Gasteiger partial charge in [-0.05, 0) is 44.5 Å². The Hall–Kier alpha value is -2.03. The van der Waals surface area contributed by atoms with Crippen LogP contribution in [0.2, 0.25) is 5.02 Å². The molecule has 2 aliphatic rings. The number of likely N-dealkylation sites (N-methyl/N-ethyl adjacent to an activating group) is 1. The molecule has 4 rings (SSSR count). The van der Waals surface area contributed by atoms with Crippen molar-refractivity contribution in [3.05, 3.63) is 51.0 Å². The number of aromatic nitrogens is 2. The van der Waals surface area contributed by atoms with E-state index in [2.05, 4.69) is 27.3 Å². The molecule has 0 radical (unpaired) electrons. The van der Waals surface area contributed by atoms with E-state index in [1.54, 1.807) is 28.9 Å². The van der Waals surface area contributed by atoms with Gasteiger partial charge in [0.1, 0.15) is 5.03 Å². The zero-order valence-electron chi connectivity index (χ0n) is 16.4. The zero-order valence-corrected chi connectivity index (χ0v) is 17.9. The van der Waals surface area contributed by atoms with Crippen LogP contribution in [0.5, 0.6) is 0 Å². The van der Waals surface area contributed by atoms with Crippen molar-refractivity contribution in [1.29, 1.82) is 0 Å².